The monoisotopic (exact) mass is 367 g/mol. The van der Waals surface area contributed by atoms with E-state index in [-0.39, 0.29) is 35.5 Å². The minimum atomic E-state index is -1.20. The van der Waals surface area contributed by atoms with Gasteiger partial charge in [-0.3, -0.25) is 4.79 Å². The molecule has 0 aromatic heterocycles. The number of carbonyl (C=O) groups is 2. The van der Waals surface area contributed by atoms with Crippen LogP contribution < -0.4 is 5.32 Å². The second-order valence-electron chi connectivity index (χ2n) is 6.63. The first-order valence-electron chi connectivity index (χ1n) is 9.74. The summed E-state index contributed by atoms with van der Waals surface area (Å²) in [7, 11) is 0. The van der Waals surface area contributed by atoms with Gasteiger partial charge in [-0.05, 0) is 6.42 Å². The number of hydrogen-bond acceptors (Lipinski definition) is 3. The number of nitrogens with one attached hydrogen (secondary N) is 1. The molecule has 0 saturated heterocycles. The second-order valence-corrected chi connectivity index (χ2v) is 6.63. The average molecular weight is 368 g/mol. The normalized spacial score (nSPS) is 11.6. The van der Waals surface area contributed by atoms with Crippen molar-refractivity contribution in [1.29, 1.82) is 0 Å². The minimum absolute atomic E-state index is 0. The number of hydrogen-bond donors (Lipinski definition) is 3. The van der Waals surface area contributed by atoms with Crippen LogP contribution in [0.1, 0.15) is 96.8 Å². The van der Waals surface area contributed by atoms with Crippen molar-refractivity contribution in [2.45, 2.75) is 103 Å². The molecule has 0 unspecified atom stereocenters. The number of rotatable bonds is 17. The molecule has 0 radical (unpaired) electrons. The van der Waals surface area contributed by atoms with Gasteiger partial charge in [-0.1, -0.05) is 84.0 Å². The Bertz CT molecular complexity index is 327. The molecule has 0 aromatic carbocycles. The Kier molecular flexibility index (Phi) is 21.9. The maximum atomic E-state index is 11.5. The number of carbonyl (C=O) groups excluding carboxylic acids is 1. The molecule has 25 heavy (non-hydrogen) atoms. The van der Waals surface area contributed by atoms with Gasteiger partial charge in [0.25, 0.3) is 0 Å². The first kappa shape index (κ1) is 27.1. The predicted molar refractivity (Wildman–Crippen MR) is 104 cm³/mol. The van der Waals surface area contributed by atoms with Gasteiger partial charge in [0.2, 0.25) is 5.91 Å². The van der Waals surface area contributed by atoms with E-state index in [1.165, 1.54) is 64.2 Å². The molecule has 144 valence electrons. The number of unbranched alkanes of at least 4 members (excludes halogenated alkanes) is 12. The van der Waals surface area contributed by atoms with Crippen molar-refractivity contribution < 1.29 is 19.8 Å². The molecule has 0 heterocycles. The van der Waals surface area contributed by atoms with Gasteiger partial charge in [-0.25, -0.2) is 4.79 Å². The Morgan fingerprint density at radius 3 is 1.56 bits per heavy atom. The zero-order valence-electron chi connectivity index (χ0n) is 15.4. The van der Waals surface area contributed by atoms with Gasteiger partial charge in [-0.15, -0.1) is 0 Å². The fourth-order valence-electron chi connectivity index (χ4n) is 2.76. The van der Waals surface area contributed by atoms with E-state index in [1.54, 1.807) is 0 Å². The van der Waals surface area contributed by atoms with Gasteiger partial charge in [-0.2, -0.15) is 0 Å². The van der Waals surface area contributed by atoms with E-state index in [2.05, 4.69) is 12.2 Å². The van der Waals surface area contributed by atoms with Crippen LogP contribution in [0, 0.1) is 0 Å². The molecular formula is C19H38NNaO4. The molecule has 0 bridgehead atoms. The van der Waals surface area contributed by atoms with Crippen molar-refractivity contribution in [1.82, 2.24) is 5.32 Å². The first-order chi connectivity index (χ1) is 11.6. The zero-order chi connectivity index (χ0) is 18.0. The van der Waals surface area contributed by atoms with Crippen molar-refractivity contribution in [2.24, 2.45) is 0 Å². The molecule has 0 fully saturated rings. The summed E-state index contributed by atoms with van der Waals surface area (Å²) in [5.74, 6) is -1.49. The number of carboxylic acid groups (broad SMARTS) is 1. The average Bonchev–Trinajstić information content (AvgIpc) is 2.56. The SMILES string of the molecule is CCCCCCCCCCCCCCCC(=O)N[C@@H](CO)C(=O)O.[NaH]. The number of amides is 1. The van der Waals surface area contributed by atoms with Gasteiger partial charge in [0.15, 0.2) is 0 Å². The van der Waals surface area contributed by atoms with Crippen molar-refractivity contribution in [3.8, 4) is 0 Å². The van der Waals surface area contributed by atoms with Crippen LogP contribution >= 0.6 is 0 Å². The van der Waals surface area contributed by atoms with E-state index in [1.807, 2.05) is 0 Å². The Morgan fingerprint density at radius 1 is 0.800 bits per heavy atom. The van der Waals surface area contributed by atoms with Crippen LogP contribution in [0.4, 0.5) is 0 Å². The van der Waals surface area contributed by atoms with Gasteiger partial charge in [0.05, 0.1) is 6.61 Å². The molecule has 3 N–H and O–H groups in total. The molecule has 0 aliphatic heterocycles. The molecule has 0 rings (SSSR count). The molecule has 0 aliphatic carbocycles. The quantitative estimate of drug-likeness (QED) is 0.272. The van der Waals surface area contributed by atoms with Crippen LogP contribution in [0.15, 0.2) is 0 Å². The van der Waals surface area contributed by atoms with Crippen molar-refractivity contribution in [3.05, 3.63) is 0 Å². The van der Waals surface area contributed by atoms with Crippen molar-refractivity contribution in [2.75, 3.05) is 6.61 Å². The summed E-state index contributed by atoms with van der Waals surface area (Å²) in [5.41, 5.74) is 0. The first-order valence-corrected chi connectivity index (χ1v) is 9.74. The number of aliphatic carboxylic acids is 1. The summed E-state index contributed by atoms with van der Waals surface area (Å²) < 4.78 is 0. The summed E-state index contributed by atoms with van der Waals surface area (Å²) >= 11 is 0. The number of aliphatic hydroxyl groups is 1. The third-order valence-corrected chi connectivity index (χ3v) is 4.32. The third-order valence-electron chi connectivity index (χ3n) is 4.32. The topological polar surface area (TPSA) is 86.6 Å². The standard InChI is InChI=1S/C19H37NO4.Na.H/c1-2-3-4-5-6-7-8-9-10-11-12-13-14-15-18(22)20-17(16-21)19(23)24;;/h17,21H,2-16H2,1H3,(H,20,22)(H,23,24);;/t17-;;/m0../s1. The predicted octanol–water partition coefficient (Wildman–Crippen LogP) is 3.38. The van der Waals surface area contributed by atoms with Crippen molar-refractivity contribution in [3.63, 3.8) is 0 Å². The van der Waals surface area contributed by atoms with E-state index in [0.717, 1.165) is 19.3 Å². The summed E-state index contributed by atoms with van der Waals surface area (Å²) in [6.45, 7) is 1.67. The fourth-order valence-corrected chi connectivity index (χ4v) is 2.76. The van der Waals surface area contributed by atoms with E-state index in [9.17, 15) is 9.59 Å². The zero-order valence-corrected chi connectivity index (χ0v) is 15.4. The third kappa shape index (κ3) is 18.5. The Balaban J connectivity index is 0. The Hall–Kier alpha value is -0.100. The molecule has 1 atom stereocenters. The number of carboxylic acids is 1. The molecule has 0 saturated carbocycles. The summed E-state index contributed by atoms with van der Waals surface area (Å²) in [6.07, 6.45) is 16.6. The molecule has 0 spiro atoms. The number of aliphatic hydroxyl groups excluding tert-OH is 1. The van der Waals surface area contributed by atoms with Crippen LogP contribution in [0.2, 0.25) is 0 Å². The summed E-state index contributed by atoms with van der Waals surface area (Å²) in [5, 5.41) is 19.9. The molecule has 1 amide bonds. The second kappa shape index (κ2) is 20.2. The van der Waals surface area contributed by atoms with E-state index in [4.69, 9.17) is 10.2 Å². The van der Waals surface area contributed by atoms with Crippen LogP contribution in [0.5, 0.6) is 0 Å². The fraction of sp³-hybridized carbons (Fsp3) is 0.895. The molecule has 6 heteroatoms. The van der Waals surface area contributed by atoms with E-state index >= 15 is 0 Å². The van der Waals surface area contributed by atoms with Gasteiger partial charge < -0.3 is 15.5 Å². The van der Waals surface area contributed by atoms with Crippen LogP contribution in [-0.4, -0.2) is 64.3 Å². The van der Waals surface area contributed by atoms with Crippen molar-refractivity contribution >= 4 is 41.4 Å². The molecular weight excluding hydrogens is 329 g/mol. The van der Waals surface area contributed by atoms with Crippen LogP contribution in [-0.2, 0) is 9.59 Å². The van der Waals surface area contributed by atoms with Gasteiger partial charge in [0.1, 0.15) is 6.04 Å². The van der Waals surface area contributed by atoms with Crippen LogP contribution in [0.25, 0.3) is 0 Å². The summed E-state index contributed by atoms with van der Waals surface area (Å²) in [6, 6.07) is -1.18. The van der Waals surface area contributed by atoms with E-state index < -0.39 is 18.6 Å². The van der Waals surface area contributed by atoms with Gasteiger partial charge >= 0.3 is 35.5 Å². The van der Waals surface area contributed by atoms with E-state index in [0.29, 0.717) is 6.42 Å². The molecule has 0 aliphatic rings. The van der Waals surface area contributed by atoms with Crippen LogP contribution in [0.3, 0.4) is 0 Å². The maximum absolute atomic E-state index is 11.5. The molecule has 5 nitrogen and oxygen atoms in total. The Morgan fingerprint density at radius 2 is 1.20 bits per heavy atom. The molecule has 0 aromatic rings. The van der Waals surface area contributed by atoms with Gasteiger partial charge in [0, 0.05) is 6.42 Å². The Labute approximate surface area is 175 Å². The summed E-state index contributed by atoms with van der Waals surface area (Å²) in [4.78, 5) is 22.2.